The van der Waals surface area contributed by atoms with Gasteiger partial charge < -0.3 is 9.47 Å². The van der Waals surface area contributed by atoms with E-state index in [0.29, 0.717) is 39.8 Å². The van der Waals surface area contributed by atoms with Gasteiger partial charge in [0.1, 0.15) is 0 Å². The number of carbonyl (C=O) groups is 1. The van der Waals surface area contributed by atoms with E-state index in [2.05, 4.69) is 17.1 Å². The van der Waals surface area contributed by atoms with Gasteiger partial charge in [-0.25, -0.2) is 9.69 Å². The number of hydrogen-bond donors (Lipinski definition) is 2. The van der Waals surface area contributed by atoms with Crippen LogP contribution in [0.15, 0.2) is 95.9 Å². The highest BCUT2D eigenvalue weighted by molar-refractivity contribution is 5.99. The fourth-order valence-corrected chi connectivity index (χ4v) is 4.99. The number of anilines is 1. The number of aryl methyl sites for hydroxylation is 1. The van der Waals surface area contributed by atoms with Crippen LogP contribution in [0, 0.1) is 12.8 Å². The van der Waals surface area contributed by atoms with E-state index in [0.717, 1.165) is 5.56 Å². The Kier molecular flexibility index (Phi) is 5.14. The average Bonchev–Trinajstić information content (AvgIpc) is 3.57. The van der Waals surface area contributed by atoms with Crippen molar-refractivity contribution >= 4 is 11.6 Å². The largest absolute Gasteiger partial charge is 0.454 e. The molecule has 3 aromatic carbocycles. The van der Waals surface area contributed by atoms with Crippen molar-refractivity contribution in [3.63, 3.8) is 0 Å². The second-order valence-corrected chi connectivity index (χ2v) is 8.84. The highest BCUT2D eigenvalue weighted by atomic mass is 16.7. The van der Waals surface area contributed by atoms with Crippen LogP contribution in [0.5, 0.6) is 11.5 Å². The molecule has 6 rings (SSSR count). The zero-order chi connectivity index (χ0) is 24.8. The molecule has 1 fully saturated rings. The zero-order valence-corrected chi connectivity index (χ0v) is 19.6. The van der Waals surface area contributed by atoms with E-state index in [-0.39, 0.29) is 18.3 Å². The summed E-state index contributed by atoms with van der Waals surface area (Å²) in [5.41, 5.74) is 6.76. The van der Waals surface area contributed by atoms with Gasteiger partial charge in [0.15, 0.2) is 11.5 Å². The van der Waals surface area contributed by atoms with Crippen LogP contribution in [0.4, 0.5) is 5.69 Å². The fourth-order valence-electron chi connectivity index (χ4n) is 4.99. The van der Waals surface area contributed by atoms with Crippen molar-refractivity contribution in [1.29, 1.82) is 0 Å². The molecule has 2 atom stereocenters. The minimum atomic E-state index is -0.725. The van der Waals surface area contributed by atoms with Gasteiger partial charge in [-0.3, -0.25) is 20.1 Å². The molecule has 36 heavy (non-hydrogen) atoms. The van der Waals surface area contributed by atoms with Crippen molar-refractivity contribution < 1.29 is 14.3 Å². The third-order valence-electron chi connectivity index (χ3n) is 6.66. The lowest BCUT2D eigenvalue weighted by Gasteiger charge is -2.22. The number of carbonyl (C=O) groups excluding carboxylic acids is 1. The summed E-state index contributed by atoms with van der Waals surface area (Å²) < 4.78 is 12.6. The molecule has 0 saturated carbocycles. The summed E-state index contributed by atoms with van der Waals surface area (Å²) >= 11 is 0. The van der Waals surface area contributed by atoms with Gasteiger partial charge in [0, 0.05) is 22.9 Å². The van der Waals surface area contributed by atoms with E-state index in [1.165, 1.54) is 9.69 Å². The number of hydrogen-bond acceptors (Lipinski definition) is 5. The van der Waals surface area contributed by atoms with Gasteiger partial charge in [0.05, 0.1) is 17.3 Å². The Morgan fingerprint density at radius 1 is 0.917 bits per heavy atom. The Bertz CT molecular complexity index is 1520. The summed E-state index contributed by atoms with van der Waals surface area (Å²) in [7, 11) is 0. The number of aromatic nitrogens is 2. The number of nitrogens with zero attached hydrogens (tertiary/aromatic N) is 2. The van der Waals surface area contributed by atoms with Crippen molar-refractivity contribution in [2.75, 3.05) is 11.8 Å². The third-order valence-corrected chi connectivity index (χ3v) is 6.66. The molecule has 2 aliphatic rings. The Labute approximate surface area is 207 Å². The highest BCUT2D eigenvalue weighted by Crippen LogP contribution is 2.43. The van der Waals surface area contributed by atoms with E-state index >= 15 is 0 Å². The first-order valence-electron chi connectivity index (χ1n) is 11.6. The van der Waals surface area contributed by atoms with Gasteiger partial charge in [-0.15, -0.1) is 0 Å². The lowest BCUT2D eigenvalue weighted by molar-refractivity contribution is -0.120. The Balaban J connectivity index is 1.51. The molecule has 8 heteroatoms. The first-order valence-corrected chi connectivity index (χ1v) is 11.6. The molecule has 3 heterocycles. The van der Waals surface area contributed by atoms with Crippen LogP contribution in [0.1, 0.15) is 22.7 Å². The number of fused-ring (bicyclic) bond motifs is 1. The van der Waals surface area contributed by atoms with Crippen molar-refractivity contribution in [2.45, 2.75) is 12.8 Å². The number of ether oxygens (including phenoxy) is 2. The summed E-state index contributed by atoms with van der Waals surface area (Å²) in [5, 5.41) is 4.69. The van der Waals surface area contributed by atoms with Gasteiger partial charge in [0.2, 0.25) is 6.79 Å². The minimum absolute atomic E-state index is 0.131. The maximum atomic E-state index is 13.9. The van der Waals surface area contributed by atoms with Crippen LogP contribution >= 0.6 is 0 Å². The van der Waals surface area contributed by atoms with Crippen LogP contribution in [-0.4, -0.2) is 22.5 Å². The van der Waals surface area contributed by atoms with E-state index in [1.54, 1.807) is 0 Å². The fraction of sp³-hybridized carbons (Fsp3) is 0.143. The number of para-hydroxylation sites is 2. The summed E-state index contributed by atoms with van der Waals surface area (Å²) in [6, 6.07) is 24.2. The average molecular weight is 481 g/mol. The molecule has 0 aliphatic carbocycles. The lowest BCUT2D eigenvalue weighted by Crippen LogP contribution is -2.35. The molecule has 1 amide bonds. The number of amides is 1. The smallest absolute Gasteiger partial charge is 0.275 e. The lowest BCUT2D eigenvalue weighted by atomic mass is 9.79. The Hall–Kier alpha value is -4.72. The number of hydrazine groups is 1. The topological polar surface area (TPSA) is 88.6 Å². The molecule has 2 unspecified atom stereocenters. The molecule has 0 spiro atoms. The van der Waals surface area contributed by atoms with Gasteiger partial charge >= 0.3 is 0 Å². The second-order valence-electron chi connectivity index (χ2n) is 8.84. The highest BCUT2D eigenvalue weighted by Gasteiger charge is 2.44. The number of rotatable bonds is 5. The third kappa shape index (κ3) is 3.46. The van der Waals surface area contributed by atoms with Crippen LogP contribution in [0.25, 0.3) is 5.69 Å². The summed E-state index contributed by atoms with van der Waals surface area (Å²) in [5.74, 6) is -0.324. The molecule has 2 N–H and O–H groups in total. The molecule has 2 aliphatic heterocycles. The first-order chi connectivity index (χ1) is 17.5. The van der Waals surface area contributed by atoms with Gasteiger partial charge in [-0.1, -0.05) is 49.0 Å². The van der Waals surface area contributed by atoms with Gasteiger partial charge in [0.25, 0.3) is 11.5 Å². The molecule has 1 aromatic heterocycles. The standard InChI is InChI=1S/C28H24N4O4/c1-17-24(27(33)31(29-17)20-9-5-3-6-10-20)26(19-13-14-22-23(15-19)36-16-35-22)25-18(2)30-32(28(25)34)21-11-7-4-8-12-21/h3-15,24,26,29-30H,1,16H2,2H3. The molecule has 8 nitrogen and oxygen atoms in total. The Morgan fingerprint density at radius 2 is 1.58 bits per heavy atom. The van der Waals surface area contributed by atoms with E-state index < -0.39 is 11.8 Å². The molecule has 0 radical (unpaired) electrons. The SMILES string of the molecule is C=C1NN(c2ccccc2)C(=O)C1C(c1ccc2c(c1)OCO2)c1c(C)[nH]n(-c2ccccc2)c1=O. The van der Waals surface area contributed by atoms with Crippen molar-refractivity contribution in [1.82, 2.24) is 15.2 Å². The normalized spacial score (nSPS) is 17.4. The van der Waals surface area contributed by atoms with Crippen molar-refractivity contribution in [2.24, 2.45) is 5.92 Å². The first kappa shape index (κ1) is 21.8. The summed E-state index contributed by atoms with van der Waals surface area (Å²) in [4.78, 5) is 27.7. The van der Waals surface area contributed by atoms with E-state index in [1.807, 2.05) is 85.8 Å². The van der Waals surface area contributed by atoms with Gasteiger partial charge in [-0.05, 0) is 48.9 Å². The van der Waals surface area contributed by atoms with Crippen LogP contribution in [0.2, 0.25) is 0 Å². The zero-order valence-electron chi connectivity index (χ0n) is 19.6. The maximum absolute atomic E-state index is 13.9. The summed E-state index contributed by atoms with van der Waals surface area (Å²) in [6.07, 6.45) is 0. The number of nitrogens with one attached hydrogen (secondary N) is 2. The van der Waals surface area contributed by atoms with Crippen LogP contribution in [0.3, 0.4) is 0 Å². The molecule has 4 aromatic rings. The van der Waals surface area contributed by atoms with E-state index in [9.17, 15) is 9.59 Å². The second kappa shape index (κ2) is 8.49. The number of benzene rings is 3. The minimum Gasteiger partial charge on any atom is -0.454 e. The number of aromatic amines is 1. The molecular weight excluding hydrogens is 456 g/mol. The molecular formula is C28H24N4O4. The van der Waals surface area contributed by atoms with Crippen molar-refractivity contribution in [3.05, 3.63) is 118 Å². The predicted octanol–water partition coefficient (Wildman–Crippen LogP) is 4.02. The predicted molar refractivity (Wildman–Crippen MR) is 135 cm³/mol. The van der Waals surface area contributed by atoms with E-state index in [4.69, 9.17) is 9.47 Å². The maximum Gasteiger partial charge on any atom is 0.275 e. The monoisotopic (exact) mass is 480 g/mol. The van der Waals surface area contributed by atoms with Gasteiger partial charge in [-0.2, -0.15) is 0 Å². The van der Waals surface area contributed by atoms with Crippen LogP contribution < -0.4 is 25.5 Å². The Morgan fingerprint density at radius 3 is 2.31 bits per heavy atom. The van der Waals surface area contributed by atoms with Crippen LogP contribution in [-0.2, 0) is 4.79 Å². The molecule has 0 bridgehead atoms. The quantitative estimate of drug-likeness (QED) is 0.451. The van der Waals surface area contributed by atoms with Crippen molar-refractivity contribution in [3.8, 4) is 17.2 Å². The molecule has 1 saturated heterocycles. The molecule has 180 valence electrons. The summed E-state index contributed by atoms with van der Waals surface area (Å²) in [6.45, 7) is 6.16. The number of H-pyrrole nitrogens is 1.